The minimum Gasteiger partial charge on any atom is -0.486 e. The van der Waals surface area contributed by atoms with Gasteiger partial charge in [-0.3, -0.25) is 0 Å². The third kappa shape index (κ3) is 3.21. The normalized spacial score (nSPS) is 11.0. The number of hydrogen-bond acceptors (Lipinski definition) is 6. The highest BCUT2D eigenvalue weighted by Gasteiger charge is 2.09. The Labute approximate surface area is 160 Å². The van der Waals surface area contributed by atoms with Crippen molar-refractivity contribution in [3.05, 3.63) is 78.8 Å². The van der Waals surface area contributed by atoms with Gasteiger partial charge in [0.15, 0.2) is 11.6 Å². The van der Waals surface area contributed by atoms with Crippen LogP contribution in [0.15, 0.2) is 77.3 Å². The van der Waals surface area contributed by atoms with Crippen molar-refractivity contribution in [2.24, 2.45) is 0 Å². The van der Waals surface area contributed by atoms with E-state index in [0.717, 1.165) is 33.4 Å². The van der Waals surface area contributed by atoms with Gasteiger partial charge < -0.3 is 9.15 Å². The van der Waals surface area contributed by atoms with Crippen LogP contribution in [-0.4, -0.2) is 25.6 Å². The van der Waals surface area contributed by atoms with Crippen LogP contribution in [0.1, 0.15) is 5.82 Å². The summed E-state index contributed by atoms with van der Waals surface area (Å²) in [5.41, 5.74) is 1.93. The van der Waals surface area contributed by atoms with Crippen molar-refractivity contribution < 1.29 is 9.15 Å². The lowest BCUT2D eigenvalue weighted by molar-refractivity contribution is 0.296. The van der Waals surface area contributed by atoms with E-state index in [-0.39, 0.29) is 6.61 Å². The van der Waals surface area contributed by atoms with Crippen LogP contribution in [0.25, 0.3) is 33.6 Å². The first kappa shape index (κ1) is 16.2. The van der Waals surface area contributed by atoms with Crippen molar-refractivity contribution in [2.75, 3.05) is 0 Å². The van der Waals surface area contributed by atoms with Gasteiger partial charge in [-0.25, -0.2) is 10.1 Å². The lowest BCUT2D eigenvalue weighted by Gasteiger charge is -2.06. The summed E-state index contributed by atoms with van der Waals surface area (Å²) in [5, 5.41) is 15.7. The molecular formula is C21H15N5O2. The fourth-order valence-electron chi connectivity index (χ4n) is 2.98. The molecule has 0 bridgehead atoms. The van der Waals surface area contributed by atoms with Crippen LogP contribution in [0.4, 0.5) is 0 Å². The van der Waals surface area contributed by atoms with Crippen LogP contribution in [0.5, 0.6) is 5.75 Å². The summed E-state index contributed by atoms with van der Waals surface area (Å²) in [5.74, 6) is 2.68. The molecular weight excluding hydrogens is 354 g/mol. The van der Waals surface area contributed by atoms with Crippen molar-refractivity contribution in [3.63, 3.8) is 0 Å². The van der Waals surface area contributed by atoms with E-state index in [2.05, 4.69) is 31.7 Å². The highest BCUT2D eigenvalue weighted by atomic mass is 16.5. The number of aromatic amines is 1. The zero-order chi connectivity index (χ0) is 18.8. The molecule has 0 amide bonds. The molecule has 2 aromatic heterocycles. The Morgan fingerprint density at radius 3 is 2.61 bits per heavy atom. The fraction of sp³-hybridized carbons (Fsp3) is 0.0476. The zero-order valence-corrected chi connectivity index (χ0v) is 14.7. The van der Waals surface area contributed by atoms with Gasteiger partial charge in [0.1, 0.15) is 12.4 Å². The Hall–Kier alpha value is -4.00. The first-order chi connectivity index (χ1) is 13.8. The molecule has 1 N–H and O–H groups in total. The van der Waals surface area contributed by atoms with Crippen LogP contribution < -0.4 is 4.74 Å². The number of H-pyrrole nitrogens is 1. The number of oxazole rings is 1. The molecule has 5 rings (SSSR count). The summed E-state index contributed by atoms with van der Waals surface area (Å²) >= 11 is 0. The Morgan fingerprint density at radius 1 is 0.893 bits per heavy atom. The van der Waals surface area contributed by atoms with Crippen LogP contribution in [0.3, 0.4) is 0 Å². The molecule has 0 saturated carbocycles. The summed E-state index contributed by atoms with van der Waals surface area (Å²) in [4.78, 5) is 4.40. The number of tetrazole rings is 1. The number of ether oxygens (including phenoxy) is 1. The first-order valence-corrected chi connectivity index (χ1v) is 8.76. The second kappa shape index (κ2) is 6.96. The maximum absolute atomic E-state index is 5.95. The predicted molar refractivity (Wildman–Crippen MR) is 103 cm³/mol. The van der Waals surface area contributed by atoms with E-state index < -0.39 is 0 Å². The monoisotopic (exact) mass is 369 g/mol. The summed E-state index contributed by atoms with van der Waals surface area (Å²) < 4.78 is 11.7. The number of benzene rings is 3. The molecule has 2 heterocycles. The Morgan fingerprint density at radius 2 is 1.75 bits per heavy atom. The molecule has 0 atom stereocenters. The molecule has 5 aromatic rings. The number of rotatable bonds is 5. The van der Waals surface area contributed by atoms with Crippen LogP contribution >= 0.6 is 0 Å². The highest BCUT2D eigenvalue weighted by molar-refractivity contribution is 5.87. The Kier molecular flexibility index (Phi) is 4.02. The largest absolute Gasteiger partial charge is 0.486 e. The third-order valence-corrected chi connectivity index (χ3v) is 4.39. The van der Waals surface area contributed by atoms with E-state index in [1.807, 2.05) is 60.7 Å². The molecule has 7 heteroatoms. The van der Waals surface area contributed by atoms with Crippen LogP contribution in [-0.2, 0) is 6.61 Å². The van der Waals surface area contributed by atoms with Crippen molar-refractivity contribution in [2.45, 2.75) is 6.61 Å². The SMILES string of the molecule is c1ccc(-c2ncc(-c3ccc4cc(OCc5nnn[nH]5)ccc4c3)o2)cc1. The molecule has 0 aliphatic rings. The van der Waals surface area contributed by atoms with E-state index in [4.69, 9.17) is 9.15 Å². The molecule has 7 nitrogen and oxygen atoms in total. The van der Waals surface area contributed by atoms with Gasteiger partial charge in [-0.1, -0.05) is 36.4 Å². The maximum atomic E-state index is 5.95. The number of nitrogens with one attached hydrogen (secondary N) is 1. The topological polar surface area (TPSA) is 89.7 Å². The molecule has 0 unspecified atom stereocenters. The second-order valence-electron chi connectivity index (χ2n) is 6.26. The Bertz CT molecular complexity index is 1220. The fourth-order valence-corrected chi connectivity index (χ4v) is 2.98. The minimum atomic E-state index is 0.289. The molecule has 0 fully saturated rings. The Balaban J connectivity index is 1.39. The summed E-state index contributed by atoms with van der Waals surface area (Å²) in [6.07, 6.45) is 1.76. The molecule has 136 valence electrons. The van der Waals surface area contributed by atoms with Crippen molar-refractivity contribution in [1.29, 1.82) is 0 Å². The van der Waals surface area contributed by atoms with Gasteiger partial charge in [0, 0.05) is 11.1 Å². The van der Waals surface area contributed by atoms with Gasteiger partial charge >= 0.3 is 0 Å². The number of nitrogens with zero attached hydrogens (tertiary/aromatic N) is 4. The first-order valence-electron chi connectivity index (χ1n) is 8.76. The molecule has 0 aliphatic carbocycles. The van der Waals surface area contributed by atoms with Crippen LogP contribution in [0.2, 0.25) is 0 Å². The van der Waals surface area contributed by atoms with Gasteiger partial charge in [-0.2, -0.15) is 0 Å². The molecule has 0 aliphatic heterocycles. The van der Waals surface area contributed by atoms with Gasteiger partial charge in [-0.05, 0) is 51.5 Å². The zero-order valence-electron chi connectivity index (χ0n) is 14.7. The molecule has 28 heavy (non-hydrogen) atoms. The molecule has 0 radical (unpaired) electrons. The van der Waals surface area contributed by atoms with Gasteiger partial charge in [-0.15, -0.1) is 5.10 Å². The molecule has 0 saturated heterocycles. The minimum absolute atomic E-state index is 0.289. The number of aromatic nitrogens is 5. The lowest BCUT2D eigenvalue weighted by atomic mass is 10.1. The molecule has 3 aromatic carbocycles. The second-order valence-corrected chi connectivity index (χ2v) is 6.26. The van der Waals surface area contributed by atoms with E-state index in [0.29, 0.717) is 11.7 Å². The van der Waals surface area contributed by atoms with Crippen molar-refractivity contribution in [1.82, 2.24) is 25.6 Å². The third-order valence-electron chi connectivity index (χ3n) is 4.39. The lowest BCUT2D eigenvalue weighted by Crippen LogP contribution is -1.97. The number of hydrogen-bond donors (Lipinski definition) is 1. The van der Waals surface area contributed by atoms with E-state index >= 15 is 0 Å². The standard InChI is InChI=1S/C21H15N5O2/c1-2-4-14(5-3-1)21-22-12-19(28-21)17-7-6-16-11-18(9-8-15(16)10-17)27-13-20-23-25-26-24-20/h1-12H,13H2,(H,23,24,25,26). The quantitative estimate of drug-likeness (QED) is 0.498. The highest BCUT2D eigenvalue weighted by Crippen LogP contribution is 2.30. The van der Waals surface area contributed by atoms with Crippen molar-refractivity contribution >= 4 is 10.8 Å². The van der Waals surface area contributed by atoms with Crippen LogP contribution in [0, 0.1) is 0 Å². The number of fused-ring (bicyclic) bond motifs is 1. The summed E-state index contributed by atoms with van der Waals surface area (Å²) in [6, 6.07) is 21.9. The average molecular weight is 369 g/mol. The summed E-state index contributed by atoms with van der Waals surface area (Å²) in [7, 11) is 0. The van der Waals surface area contributed by atoms with Crippen molar-refractivity contribution in [3.8, 4) is 28.5 Å². The van der Waals surface area contributed by atoms with Gasteiger partial charge in [0.25, 0.3) is 0 Å². The predicted octanol–water partition coefficient (Wildman–Crippen LogP) is 4.25. The van der Waals surface area contributed by atoms with Gasteiger partial charge in [0.05, 0.1) is 6.20 Å². The molecule has 0 spiro atoms. The smallest absolute Gasteiger partial charge is 0.226 e. The maximum Gasteiger partial charge on any atom is 0.226 e. The summed E-state index contributed by atoms with van der Waals surface area (Å²) in [6.45, 7) is 0.289. The van der Waals surface area contributed by atoms with Gasteiger partial charge in [0.2, 0.25) is 5.89 Å². The van der Waals surface area contributed by atoms with E-state index in [9.17, 15) is 0 Å². The average Bonchev–Trinajstić information content (AvgIpc) is 3.45. The van der Waals surface area contributed by atoms with E-state index in [1.165, 1.54) is 0 Å². The van der Waals surface area contributed by atoms with E-state index in [1.54, 1.807) is 6.20 Å².